The number of sulfonamides is 1. The fourth-order valence-electron chi connectivity index (χ4n) is 2.18. The van der Waals surface area contributed by atoms with Gasteiger partial charge in [-0.05, 0) is 49.9 Å². The molecule has 0 radical (unpaired) electrons. The number of rotatable bonds is 7. The fraction of sp³-hybridized carbons (Fsp3) is 0.571. The van der Waals surface area contributed by atoms with E-state index in [-0.39, 0.29) is 10.9 Å². The van der Waals surface area contributed by atoms with Crippen LogP contribution < -0.4 is 10.0 Å². The second-order valence-corrected chi connectivity index (χ2v) is 6.96. The summed E-state index contributed by atoms with van der Waals surface area (Å²) in [5.74, 6) is -0.125. The molecule has 0 aromatic heterocycles. The predicted octanol–water partition coefficient (Wildman–Crippen LogP) is 2.01. The predicted molar refractivity (Wildman–Crippen MR) is 76.3 cm³/mol. The minimum absolute atomic E-state index is 0.0333. The summed E-state index contributed by atoms with van der Waals surface area (Å²) in [7, 11) is -3.68. The van der Waals surface area contributed by atoms with Crippen molar-refractivity contribution in [2.24, 2.45) is 5.92 Å². The van der Waals surface area contributed by atoms with Crippen LogP contribution in [0.3, 0.4) is 0 Å². The van der Waals surface area contributed by atoms with E-state index in [2.05, 4.69) is 10.0 Å². The van der Waals surface area contributed by atoms with Crippen LogP contribution >= 0.6 is 0 Å². The Labute approximate surface area is 119 Å². The lowest BCUT2D eigenvalue weighted by atomic mass is 10.2. The average Bonchev–Trinajstić information content (AvgIpc) is 3.21. The van der Waals surface area contributed by atoms with Crippen molar-refractivity contribution in [1.29, 1.82) is 0 Å². The van der Waals surface area contributed by atoms with Crippen LogP contribution in [0.4, 0.5) is 4.39 Å². The van der Waals surface area contributed by atoms with Crippen LogP contribution in [0, 0.1) is 11.7 Å². The van der Waals surface area contributed by atoms with Crippen molar-refractivity contribution in [1.82, 2.24) is 10.0 Å². The molecule has 20 heavy (non-hydrogen) atoms. The molecule has 0 saturated heterocycles. The lowest BCUT2D eigenvalue weighted by Crippen LogP contribution is -2.35. The van der Waals surface area contributed by atoms with E-state index >= 15 is 0 Å². The molecular formula is C14H21FN2O2S. The molecule has 2 N–H and O–H groups in total. The van der Waals surface area contributed by atoms with Gasteiger partial charge in [-0.25, -0.2) is 17.5 Å². The molecule has 112 valence electrons. The molecule has 0 aliphatic heterocycles. The summed E-state index contributed by atoms with van der Waals surface area (Å²) in [6.45, 7) is 4.93. The smallest absolute Gasteiger partial charge is 0.241 e. The van der Waals surface area contributed by atoms with Gasteiger partial charge in [-0.2, -0.15) is 0 Å². The Bertz CT molecular complexity index is 571. The number of halogens is 1. The summed E-state index contributed by atoms with van der Waals surface area (Å²) < 4.78 is 40.9. The van der Waals surface area contributed by atoms with Gasteiger partial charge in [-0.1, -0.05) is 13.0 Å². The van der Waals surface area contributed by atoms with Crippen molar-refractivity contribution in [3.05, 3.63) is 29.6 Å². The van der Waals surface area contributed by atoms with E-state index in [4.69, 9.17) is 0 Å². The van der Waals surface area contributed by atoms with Gasteiger partial charge in [0.15, 0.2) is 0 Å². The second-order valence-electron chi connectivity index (χ2n) is 5.28. The molecule has 1 aromatic carbocycles. The van der Waals surface area contributed by atoms with Gasteiger partial charge in [0, 0.05) is 12.6 Å². The van der Waals surface area contributed by atoms with Crippen molar-refractivity contribution in [3.8, 4) is 0 Å². The van der Waals surface area contributed by atoms with Crippen LogP contribution in [-0.2, 0) is 16.6 Å². The van der Waals surface area contributed by atoms with Gasteiger partial charge >= 0.3 is 0 Å². The van der Waals surface area contributed by atoms with Gasteiger partial charge in [0.05, 0.1) is 4.90 Å². The maximum Gasteiger partial charge on any atom is 0.241 e. The van der Waals surface area contributed by atoms with E-state index in [1.54, 1.807) is 0 Å². The minimum atomic E-state index is -3.68. The summed E-state index contributed by atoms with van der Waals surface area (Å²) in [6, 6.07) is 3.80. The largest absolute Gasteiger partial charge is 0.313 e. The summed E-state index contributed by atoms with van der Waals surface area (Å²) in [4.78, 5) is 0.0333. The van der Waals surface area contributed by atoms with Crippen LogP contribution in [-0.4, -0.2) is 21.0 Å². The highest BCUT2D eigenvalue weighted by molar-refractivity contribution is 7.89. The Hall–Kier alpha value is -0.980. The van der Waals surface area contributed by atoms with E-state index in [1.165, 1.54) is 12.1 Å². The van der Waals surface area contributed by atoms with E-state index in [0.29, 0.717) is 18.0 Å². The quantitative estimate of drug-likeness (QED) is 0.810. The molecule has 1 fully saturated rings. The van der Waals surface area contributed by atoms with Gasteiger partial charge in [0.2, 0.25) is 10.0 Å². The number of benzene rings is 1. The molecule has 1 aliphatic rings. The first-order valence-corrected chi connectivity index (χ1v) is 8.44. The molecule has 0 spiro atoms. The molecular weight excluding hydrogens is 279 g/mol. The van der Waals surface area contributed by atoms with Crippen molar-refractivity contribution in [2.75, 3.05) is 6.54 Å². The standard InChI is InChI=1S/C14H21FN2O2S/c1-3-16-9-12-6-7-13(15)8-14(12)20(18,19)17-10(2)11-4-5-11/h6-8,10-11,16-17H,3-5,9H2,1-2H3. The van der Waals surface area contributed by atoms with Gasteiger partial charge in [0.25, 0.3) is 0 Å². The average molecular weight is 300 g/mol. The molecule has 1 aromatic rings. The first-order valence-electron chi connectivity index (χ1n) is 6.95. The Morgan fingerprint density at radius 1 is 1.40 bits per heavy atom. The van der Waals surface area contributed by atoms with Gasteiger partial charge in [-0.3, -0.25) is 0 Å². The third-order valence-corrected chi connectivity index (χ3v) is 5.20. The highest BCUT2D eigenvalue weighted by Gasteiger charge is 2.32. The van der Waals surface area contributed by atoms with Crippen LogP contribution in [0.5, 0.6) is 0 Å². The first kappa shape index (κ1) is 15.4. The van der Waals surface area contributed by atoms with Gasteiger partial charge < -0.3 is 5.32 Å². The zero-order valence-electron chi connectivity index (χ0n) is 11.8. The van der Waals surface area contributed by atoms with E-state index in [0.717, 1.165) is 25.5 Å². The monoisotopic (exact) mass is 300 g/mol. The molecule has 1 unspecified atom stereocenters. The third-order valence-electron chi connectivity index (χ3n) is 3.55. The Morgan fingerprint density at radius 2 is 2.10 bits per heavy atom. The molecule has 1 saturated carbocycles. The SMILES string of the molecule is CCNCc1ccc(F)cc1S(=O)(=O)NC(C)C1CC1. The molecule has 1 atom stereocenters. The molecule has 6 heteroatoms. The lowest BCUT2D eigenvalue weighted by Gasteiger charge is -2.16. The minimum Gasteiger partial charge on any atom is -0.313 e. The van der Waals surface area contributed by atoms with E-state index in [1.807, 2.05) is 13.8 Å². The summed E-state index contributed by atoms with van der Waals surface area (Å²) in [6.07, 6.45) is 2.11. The lowest BCUT2D eigenvalue weighted by molar-refractivity contribution is 0.534. The maximum atomic E-state index is 13.4. The zero-order valence-corrected chi connectivity index (χ0v) is 12.6. The van der Waals surface area contributed by atoms with Crippen LogP contribution in [0.25, 0.3) is 0 Å². The summed E-state index contributed by atoms with van der Waals surface area (Å²) >= 11 is 0. The highest BCUT2D eigenvalue weighted by atomic mass is 32.2. The van der Waals surface area contributed by atoms with Gasteiger partial charge in [-0.15, -0.1) is 0 Å². The van der Waals surface area contributed by atoms with Crippen molar-refractivity contribution < 1.29 is 12.8 Å². The zero-order chi connectivity index (χ0) is 14.8. The number of nitrogens with one attached hydrogen (secondary N) is 2. The topological polar surface area (TPSA) is 58.2 Å². The van der Waals surface area contributed by atoms with Crippen molar-refractivity contribution in [2.45, 2.75) is 44.2 Å². The molecule has 1 aliphatic carbocycles. The van der Waals surface area contributed by atoms with Crippen LogP contribution in [0.1, 0.15) is 32.3 Å². The molecule has 0 bridgehead atoms. The number of hydrogen-bond acceptors (Lipinski definition) is 3. The molecule has 0 amide bonds. The Kier molecular flexibility index (Phi) is 4.78. The van der Waals surface area contributed by atoms with E-state index < -0.39 is 15.8 Å². The normalized spacial score (nSPS) is 17.1. The van der Waals surface area contributed by atoms with Crippen molar-refractivity contribution in [3.63, 3.8) is 0 Å². The number of hydrogen-bond donors (Lipinski definition) is 2. The maximum absolute atomic E-state index is 13.4. The van der Waals surface area contributed by atoms with Crippen LogP contribution in [0.2, 0.25) is 0 Å². The highest BCUT2D eigenvalue weighted by Crippen LogP contribution is 2.33. The second kappa shape index (κ2) is 6.20. The first-order chi connectivity index (χ1) is 9.44. The van der Waals surface area contributed by atoms with Crippen LogP contribution in [0.15, 0.2) is 23.1 Å². The fourth-order valence-corrected chi connectivity index (χ4v) is 3.75. The third kappa shape index (κ3) is 3.77. The Balaban J connectivity index is 2.25. The molecule has 4 nitrogen and oxygen atoms in total. The Morgan fingerprint density at radius 3 is 2.70 bits per heavy atom. The molecule has 2 rings (SSSR count). The van der Waals surface area contributed by atoms with E-state index in [9.17, 15) is 12.8 Å². The molecule has 0 heterocycles. The van der Waals surface area contributed by atoms with Gasteiger partial charge in [0.1, 0.15) is 5.82 Å². The van der Waals surface area contributed by atoms with Crippen molar-refractivity contribution >= 4 is 10.0 Å². The summed E-state index contributed by atoms with van der Waals surface area (Å²) in [5.41, 5.74) is 0.587. The summed E-state index contributed by atoms with van der Waals surface area (Å²) in [5, 5.41) is 3.07.